The number of carbonyl (C=O) groups excluding carboxylic acids is 3. The molecular weight excluding hydrogens is 1020 g/mol. The maximum absolute atomic E-state index is 12.9. The van der Waals surface area contributed by atoms with Gasteiger partial charge < -0.3 is 14.2 Å². The number of rotatable bonds is 60. The third-order valence-corrected chi connectivity index (χ3v) is 14.0. The zero-order valence-electron chi connectivity index (χ0n) is 53.7. The number of esters is 3. The minimum atomic E-state index is -0.830. The van der Waals surface area contributed by atoms with Crippen LogP contribution in [0.3, 0.4) is 0 Å². The smallest absolute Gasteiger partial charge is 0.306 e. The molecule has 1 atom stereocenters. The van der Waals surface area contributed by atoms with Crippen LogP contribution in [0.25, 0.3) is 0 Å². The molecule has 6 heteroatoms. The van der Waals surface area contributed by atoms with Gasteiger partial charge in [0.05, 0.1) is 0 Å². The van der Waals surface area contributed by atoms with E-state index in [0.29, 0.717) is 19.3 Å². The molecule has 83 heavy (non-hydrogen) atoms. The molecule has 0 aliphatic rings. The number of hydrogen-bond acceptors (Lipinski definition) is 6. The minimum absolute atomic E-state index is 0.116. The molecule has 0 aromatic heterocycles. The van der Waals surface area contributed by atoms with Crippen molar-refractivity contribution in [1.29, 1.82) is 0 Å². The standard InChI is InChI=1S/C77H124O6/c1-4-7-10-13-16-19-22-25-27-29-31-33-35-36-37-38-39-40-42-43-45-47-49-52-55-58-61-64-67-70-76(79)82-73-74(72-81-75(78)69-66-63-60-57-54-51-24-21-18-15-12-9-6-3)83-77(80)71-68-65-62-59-56-53-50-48-46-44-41-34-32-30-28-26-23-20-17-14-11-8-5-2/h8-9,11-12,17-18,20-22,25-26,28-29,31-32,34-36,44,46,50-51,53-54,59,62,74H,4-7,10,13-16,19,23-24,27,30,33,37-43,45,47-49,52,55-58,60-61,63-73H2,1-3H3/b11-8-,12-9-,20-17-,21-18-,25-22-,28-26-,31-29-,34-32-,36-35-,46-44-,53-50-,54-51-,62-59-. The second-order valence-corrected chi connectivity index (χ2v) is 22.0. The lowest BCUT2D eigenvalue weighted by Crippen LogP contribution is -2.30. The number of allylic oxidation sites excluding steroid dienone is 26. The Morgan fingerprint density at radius 2 is 0.482 bits per heavy atom. The van der Waals surface area contributed by atoms with Crippen LogP contribution in [0.4, 0.5) is 0 Å². The van der Waals surface area contributed by atoms with Crippen LogP contribution in [0, 0.1) is 0 Å². The zero-order valence-corrected chi connectivity index (χ0v) is 53.7. The predicted molar refractivity (Wildman–Crippen MR) is 362 cm³/mol. The van der Waals surface area contributed by atoms with E-state index in [1.807, 2.05) is 0 Å². The van der Waals surface area contributed by atoms with Gasteiger partial charge in [0.1, 0.15) is 13.2 Å². The lowest BCUT2D eigenvalue weighted by atomic mass is 10.0. The Kier molecular flexibility index (Phi) is 65.4. The molecule has 0 radical (unpaired) electrons. The molecule has 0 aliphatic heterocycles. The summed E-state index contributed by atoms with van der Waals surface area (Å²) < 4.78 is 16.9. The summed E-state index contributed by atoms with van der Waals surface area (Å²) in [4.78, 5) is 38.3. The van der Waals surface area contributed by atoms with Gasteiger partial charge in [-0.3, -0.25) is 14.4 Å². The van der Waals surface area contributed by atoms with Gasteiger partial charge in [-0.15, -0.1) is 0 Å². The van der Waals surface area contributed by atoms with Crippen molar-refractivity contribution in [3.8, 4) is 0 Å². The van der Waals surface area contributed by atoms with Crippen LogP contribution in [0.1, 0.15) is 290 Å². The van der Waals surface area contributed by atoms with Crippen molar-refractivity contribution in [1.82, 2.24) is 0 Å². The summed E-state index contributed by atoms with van der Waals surface area (Å²) in [7, 11) is 0. The fourth-order valence-electron chi connectivity index (χ4n) is 8.98. The summed E-state index contributed by atoms with van der Waals surface area (Å²) in [5.74, 6) is -1.01. The molecule has 0 aromatic carbocycles. The van der Waals surface area contributed by atoms with Gasteiger partial charge in [0.15, 0.2) is 6.10 Å². The number of ether oxygens (including phenoxy) is 3. The van der Waals surface area contributed by atoms with Crippen LogP contribution >= 0.6 is 0 Å². The highest BCUT2D eigenvalue weighted by Gasteiger charge is 2.19. The van der Waals surface area contributed by atoms with Gasteiger partial charge in [0.25, 0.3) is 0 Å². The van der Waals surface area contributed by atoms with Crippen molar-refractivity contribution < 1.29 is 28.6 Å². The van der Waals surface area contributed by atoms with Crippen molar-refractivity contribution in [2.24, 2.45) is 0 Å². The van der Waals surface area contributed by atoms with E-state index in [1.165, 1.54) is 116 Å². The van der Waals surface area contributed by atoms with E-state index in [9.17, 15) is 14.4 Å². The average Bonchev–Trinajstić information content (AvgIpc) is 3.49. The van der Waals surface area contributed by atoms with Gasteiger partial charge >= 0.3 is 17.9 Å². The van der Waals surface area contributed by atoms with Crippen molar-refractivity contribution in [2.45, 2.75) is 297 Å². The first-order valence-corrected chi connectivity index (χ1v) is 34.0. The minimum Gasteiger partial charge on any atom is -0.462 e. The predicted octanol–water partition coefficient (Wildman–Crippen LogP) is 23.7. The highest BCUT2D eigenvalue weighted by atomic mass is 16.6. The molecule has 0 bridgehead atoms. The number of hydrogen-bond donors (Lipinski definition) is 0. The van der Waals surface area contributed by atoms with E-state index in [4.69, 9.17) is 14.2 Å². The first-order valence-electron chi connectivity index (χ1n) is 34.0. The third kappa shape index (κ3) is 67.7. The Morgan fingerprint density at radius 1 is 0.253 bits per heavy atom. The molecule has 0 aliphatic carbocycles. The van der Waals surface area contributed by atoms with Gasteiger partial charge in [0.2, 0.25) is 0 Å². The fraction of sp³-hybridized carbons (Fsp3) is 0.623. The average molecular weight is 1150 g/mol. The maximum atomic E-state index is 12.9. The van der Waals surface area contributed by atoms with Gasteiger partial charge in [0, 0.05) is 19.3 Å². The fourth-order valence-corrected chi connectivity index (χ4v) is 8.98. The molecule has 0 amide bonds. The first-order chi connectivity index (χ1) is 41.0. The van der Waals surface area contributed by atoms with Crippen molar-refractivity contribution >= 4 is 17.9 Å². The highest BCUT2D eigenvalue weighted by molar-refractivity contribution is 5.71. The topological polar surface area (TPSA) is 78.9 Å². The lowest BCUT2D eigenvalue weighted by Gasteiger charge is -2.18. The largest absolute Gasteiger partial charge is 0.462 e. The van der Waals surface area contributed by atoms with Crippen molar-refractivity contribution in [3.63, 3.8) is 0 Å². The second kappa shape index (κ2) is 69.5. The normalized spacial score (nSPS) is 13.1. The summed E-state index contributed by atoms with van der Waals surface area (Å²) >= 11 is 0. The van der Waals surface area contributed by atoms with Crippen LogP contribution in [0.15, 0.2) is 158 Å². The molecule has 0 rings (SSSR count). The molecule has 1 unspecified atom stereocenters. The number of unbranched alkanes of at least 4 members (excludes halogenated alkanes) is 23. The second-order valence-electron chi connectivity index (χ2n) is 22.0. The quantitative estimate of drug-likeness (QED) is 0.0261. The molecular formula is C77H124O6. The van der Waals surface area contributed by atoms with Crippen molar-refractivity contribution in [2.75, 3.05) is 13.2 Å². The molecule has 6 nitrogen and oxygen atoms in total. The zero-order chi connectivity index (χ0) is 59.9. The molecule has 0 aromatic rings. The Bertz CT molecular complexity index is 1840. The van der Waals surface area contributed by atoms with Crippen LogP contribution in [-0.2, 0) is 28.6 Å². The molecule has 0 fully saturated rings. The van der Waals surface area contributed by atoms with E-state index in [-0.39, 0.29) is 37.5 Å². The molecule has 0 heterocycles. The SMILES string of the molecule is CC/C=C\C/C=C\C/C=C\C/C=C\C/C=C\C/C=C\C/C=C\CCCC(=O)OC(COC(=O)CCCCC/C=C\C/C=C\C/C=C\CC)COC(=O)CCCCCCCCCCCCCCCC/C=C\C/C=C\C/C=C\CCCCCCC. The van der Waals surface area contributed by atoms with Crippen LogP contribution in [0.2, 0.25) is 0 Å². The van der Waals surface area contributed by atoms with Crippen molar-refractivity contribution in [3.05, 3.63) is 158 Å². The highest BCUT2D eigenvalue weighted by Crippen LogP contribution is 2.15. The molecule has 0 N–H and O–H groups in total. The van der Waals surface area contributed by atoms with E-state index in [2.05, 4.69) is 179 Å². The number of carbonyl (C=O) groups is 3. The van der Waals surface area contributed by atoms with Gasteiger partial charge in [-0.05, 0) is 141 Å². The molecule has 468 valence electrons. The van der Waals surface area contributed by atoms with Gasteiger partial charge in [-0.2, -0.15) is 0 Å². The lowest BCUT2D eigenvalue weighted by molar-refractivity contribution is -0.167. The van der Waals surface area contributed by atoms with Crippen LogP contribution in [0.5, 0.6) is 0 Å². The van der Waals surface area contributed by atoms with Crippen LogP contribution < -0.4 is 0 Å². The summed E-state index contributed by atoms with van der Waals surface area (Å²) in [5, 5.41) is 0. The molecule has 0 saturated carbocycles. The van der Waals surface area contributed by atoms with Gasteiger partial charge in [-0.1, -0.05) is 288 Å². The Hall–Kier alpha value is -4.97. The Morgan fingerprint density at radius 3 is 0.783 bits per heavy atom. The maximum Gasteiger partial charge on any atom is 0.306 e. The van der Waals surface area contributed by atoms with Gasteiger partial charge in [-0.25, -0.2) is 0 Å². The Balaban J connectivity index is 4.40. The molecule has 0 spiro atoms. The van der Waals surface area contributed by atoms with E-state index < -0.39 is 6.10 Å². The van der Waals surface area contributed by atoms with E-state index >= 15 is 0 Å². The first kappa shape index (κ1) is 78.0. The van der Waals surface area contributed by atoms with Crippen LogP contribution in [-0.4, -0.2) is 37.2 Å². The summed E-state index contributed by atoms with van der Waals surface area (Å²) in [6.45, 7) is 6.33. The van der Waals surface area contributed by atoms with E-state index in [1.54, 1.807) is 0 Å². The third-order valence-electron chi connectivity index (χ3n) is 14.0. The molecule has 0 saturated heterocycles. The summed E-state index contributed by atoms with van der Waals surface area (Å²) in [6.07, 6.45) is 101. The Labute approximate surface area is 511 Å². The summed E-state index contributed by atoms with van der Waals surface area (Å²) in [6, 6.07) is 0. The summed E-state index contributed by atoms with van der Waals surface area (Å²) in [5.41, 5.74) is 0. The monoisotopic (exact) mass is 1140 g/mol. The van der Waals surface area contributed by atoms with E-state index in [0.717, 1.165) is 128 Å².